The first kappa shape index (κ1) is 5.76. The van der Waals surface area contributed by atoms with Crippen LogP contribution in [0.4, 0.5) is 0 Å². The second kappa shape index (κ2) is 2.27. The Balaban J connectivity index is 2.34. The Morgan fingerprint density at radius 3 is 2.75 bits per heavy atom. The number of ketones is 1. The molecule has 0 amide bonds. The number of hydrogen-bond acceptors (Lipinski definition) is 1. The van der Waals surface area contributed by atoms with E-state index in [2.05, 4.69) is 7.05 Å². The second-order valence-corrected chi connectivity index (χ2v) is 2.53. The Labute approximate surface area is 49.5 Å². The summed E-state index contributed by atoms with van der Waals surface area (Å²) in [6.45, 7) is 1.92. The fourth-order valence-electron chi connectivity index (χ4n) is 1.10. The van der Waals surface area contributed by atoms with Gasteiger partial charge in [-0.2, -0.15) is 0 Å². The molecule has 0 aromatic heterocycles. The van der Waals surface area contributed by atoms with Gasteiger partial charge in [-0.15, -0.1) is 0 Å². The summed E-state index contributed by atoms with van der Waals surface area (Å²) in [4.78, 5) is 12.0. The summed E-state index contributed by atoms with van der Waals surface area (Å²) in [6.07, 6.45) is 1.90. The molecule has 2 heteroatoms. The zero-order valence-corrected chi connectivity index (χ0v) is 5.24. The van der Waals surface area contributed by atoms with Crippen molar-refractivity contribution in [2.75, 3.05) is 20.1 Å². The minimum Gasteiger partial charge on any atom is -0.331 e. The summed E-state index contributed by atoms with van der Waals surface area (Å²) in [5.41, 5.74) is 0. The van der Waals surface area contributed by atoms with Crippen LogP contribution >= 0.6 is 0 Å². The van der Waals surface area contributed by atoms with Crippen LogP contribution in [-0.2, 0) is 4.79 Å². The number of hydrogen-bond donors (Lipinski definition) is 1. The van der Waals surface area contributed by atoms with Crippen LogP contribution in [0.5, 0.6) is 0 Å². The summed E-state index contributed by atoms with van der Waals surface area (Å²) in [6, 6.07) is 0. The molecule has 0 aliphatic carbocycles. The molecule has 1 N–H and O–H groups in total. The first-order chi connectivity index (χ1) is 3.79. The zero-order chi connectivity index (χ0) is 5.98. The molecule has 8 heavy (non-hydrogen) atoms. The third kappa shape index (κ3) is 1.30. The highest BCUT2D eigenvalue weighted by molar-refractivity contribution is 5.79. The molecule has 1 unspecified atom stereocenters. The normalized spacial score (nSPS) is 30.6. The topological polar surface area (TPSA) is 21.5 Å². The van der Waals surface area contributed by atoms with E-state index >= 15 is 0 Å². The van der Waals surface area contributed by atoms with Crippen molar-refractivity contribution in [2.45, 2.75) is 12.8 Å². The average Bonchev–Trinajstić information content (AvgIpc) is 1.64. The molecular weight excluding hydrogens is 102 g/mol. The highest BCUT2D eigenvalue weighted by Gasteiger charge is 2.15. The Morgan fingerprint density at radius 1 is 1.62 bits per heavy atom. The Bertz CT molecular complexity index is 101. The molecule has 1 aliphatic heterocycles. The van der Waals surface area contributed by atoms with Crippen LogP contribution in [0.25, 0.3) is 0 Å². The number of carbonyl (C=O) groups excluding carboxylic acids is 1. The fourth-order valence-corrected chi connectivity index (χ4v) is 1.10. The largest absolute Gasteiger partial charge is 0.331 e. The van der Waals surface area contributed by atoms with Crippen LogP contribution in [0.1, 0.15) is 12.8 Å². The molecule has 1 fully saturated rings. The molecule has 1 atom stereocenters. The molecule has 1 saturated heterocycles. The summed E-state index contributed by atoms with van der Waals surface area (Å²) in [5, 5.41) is 0. The van der Waals surface area contributed by atoms with Gasteiger partial charge in [-0.05, 0) is 0 Å². The molecule has 1 rings (SSSR count). The van der Waals surface area contributed by atoms with Crippen LogP contribution in [0.2, 0.25) is 0 Å². The molecule has 1 heterocycles. The third-order valence-electron chi connectivity index (χ3n) is 1.56. The van der Waals surface area contributed by atoms with E-state index in [0.717, 1.165) is 19.4 Å². The SMILES string of the molecule is C[NH+]1CCCC(=O)C1. The third-order valence-corrected chi connectivity index (χ3v) is 1.56. The molecule has 0 aromatic carbocycles. The Kier molecular flexibility index (Phi) is 1.63. The van der Waals surface area contributed by atoms with E-state index in [1.807, 2.05) is 0 Å². The van der Waals surface area contributed by atoms with Crippen molar-refractivity contribution in [2.24, 2.45) is 0 Å². The van der Waals surface area contributed by atoms with Crippen LogP contribution in [0, 0.1) is 0 Å². The predicted molar refractivity (Wildman–Crippen MR) is 30.9 cm³/mol. The molecule has 2 nitrogen and oxygen atoms in total. The number of nitrogens with one attached hydrogen (secondary N) is 1. The first-order valence-corrected chi connectivity index (χ1v) is 3.12. The summed E-state index contributed by atoms with van der Waals surface area (Å²) >= 11 is 0. The lowest BCUT2D eigenvalue weighted by molar-refractivity contribution is -0.873. The summed E-state index contributed by atoms with van der Waals surface area (Å²) < 4.78 is 0. The van der Waals surface area contributed by atoms with Crippen molar-refractivity contribution in [3.05, 3.63) is 0 Å². The highest BCUT2D eigenvalue weighted by Crippen LogP contribution is 1.89. The number of likely N-dealkylation sites (N-methyl/N-ethyl adjacent to an activating group) is 1. The van der Waals surface area contributed by atoms with Gasteiger partial charge < -0.3 is 4.90 Å². The van der Waals surface area contributed by atoms with Gasteiger partial charge in [0, 0.05) is 12.8 Å². The van der Waals surface area contributed by atoms with Gasteiger partial charge in [0.1, 0.15) is 6.54 Å². The molecule has 0 bridgehead atoms. The molecule has 0 radical (unpaired) electrons. The number of rotatable bonds is 0. The lowest BCUT2D eigenvalue weighted by Crippen LogP contribution is -3.10. The van der Waals surface area contributed by atoms with Gasteiger partial charge in [-0.3, -0.25) is 4.79 Å². The molecular formula is C6H12NO+. The van der Waals surface area contributed by atoms with Gasteiger partial charge in [0.05, 0.1) is 13.6 Å². The van der Waals surface area contributed by atoms with Crippen molar-refractivity contribution in [1.82, 2.24) is 0 Å². The molecule has 46 valence electrons. The maximum Gasteiger partial charge on any atom is 0.187 e. The Morgan fingerprint density at radius 2 is 2.38 bits per heavy atom. The van der Waals surface area contributed by atoms with E-state index < -0.39 is 0 Å². The minimum atomic E-state index is 0.425. The van der Waals surface area contributed by atoms with E-state index in [1.54, 1.807) is 0 Å². The molecule has 0 spiro atoms. The van der Waals surface area contributed by atoms with Gasteiger partial charge in [0.15, 0.2) is 5.78 Å². The number of piperidine rings is 1. The van der Waals surface area contributed by atoms with E-state index in [0.29, 0.717) is 5.78 Å². The average molecular weight is 114 g/mol. The van der Waals surface area contributed by atoms with E-state index in [4.69, 9.17) is 0 Å². The van der Waals surface area contributed by atoms with E-state index in [9.17, 15) is 4.79 Å². The highest BCUT2D eigenvalue weighted by atomic mass is 16.1. The monoisotopic (exact) mass is 114 g/mol. The molecule has 0 saturated carbocycles. The molecule has 1 aliphatic rings. The van der Waals surface area contributed by atoms with Gasteiger partial charge in [-0.1, -0.05) is 0 Å². The van der Waals surface area contributed by atoms with Gasteiger partial charge in [0.25, 0.3) is 0 Å². The maximum atomic E-state index is 10.7. The van der Waals surface area contributed by atoms with Gasteiger partial charge >= 0.3 is 0 Å². The second-order valence-electron chi connectivity index (χ2n) is 2.53. The van der Waals surface area contributed by atoms with Crippen LogP contribution in [0.15, 0.2) is 0 Å². The van der Waals surface area contributed by atoms with Gasteiger partial charge in [-0.25, -0.2) is 0 Å². The first-order valence-electron chi connectivity index (χ1n) is 3.12. The molecule has 0 aromatic rings. The summed E-state index contributed by atoms with van der Waals surface area (Å²) in [7, 11) is 2.07. The minimum absolute atomic E-state index is 0.425. The lowest BCUT2D eigenvalue weighted by Gasteiger charge is -2.16. The maximum absolute atomic E-state index is 10.7. The number of quaternary nitrogens is 1. The number of likely N-dealkylation sites (tertiary alicyclic amines) is 1. The van der Waals surface area contributed by atoms with Crippen molar-refractivity contribution >= 4 is 5.78 Å². The van der Waals surface area contributed by atoms with E-state index in [-0.39, 0.29) is 0 Å². The van der Waals surface area contributed by atoms with Crippen molar-refractivity contribution < 1.29 is 9.69 Å². The standard InChI is InChI=1S/C6H11NO/c1-7-4-2-3-6(8)5-7/h2-5H2,1H3/p+1. The van der Waals surface area contributed by atoms with Crippen LogP contribution < -0.4 is 4.90 Å². The van der Waals surface area contributed by atoms with Crippen LogP contribution in [0.3, 0.4) is 0 Å². The van der Waals surface area contributed by atoms with Gasteiger partial charge in [0.2, 0.25) is 0 Å². The lowest BCUT2D eigenvalue weighted by atomic mass is 10.1. The Hall–Kier alpha value is -0.370. The predicted octanol–water partition coefficient (Wildman–Crippen LogP) is -1.14. The van der Waals surface area contributed by atoms with E-state index in [1.165, 1.54) is 11.4 Å². The number of carbonyl (C=O) groups is 1. The fraction of sp³-hybridized carbons (Fsp3) is 0.833. The van der Waals surface area contributed by atoms with Crippen LogP contribution in [-0.4, -0.2) is 25.9 Å². The van der Waals surface area contributed by atoms with Crippen molar-refractivity contribution in [3.8, 4) is 0 Å². The number of Topliss-reactive ketones (excluding diaryl/α,β-unsaturated/α-hetero) is 1. The van der Waals surface area contributed by atoms with Crippen molar-refractivity contribution in [3.63, 3.8) is 0 Å². The summed E-state index contributed by atoms with van der Waals surface area (Å²) in [5.74, 6) is 0.425. The van der Waals surface area contributed by atoms with Crippen molar-refractivity contribution in [1.29, 1.82) is 0 Å². The quantitative estimate of drug-likeness (QED) is 0.422. The smallest absolute Gasteiger partial charge is 0.187 e. The zero-order valence-electron chi connectivity index (χ0n) is 5.24.